The van der Waals surface area contributed by atoms with Crippen LogP contribution >= 0.6 is 0 Å². The molecule has 1 aromatic rings. The number of rotatable bonds is 6. The van der Waals surface area contributed by atoms with Crippen molar-refractivity contribution >= 4 is 5.78 Å². The number of ether oxygens (including phenoxy) is 2. The van der Waals surface area contributed by atoms with Gasteiger partial charge >= 0.3 is 0 Å². The van der Waals surface area contributed by atoms with Crippen molar-refractivity contribution in [2.45, 2.75) is 53.2 Å². The quantitative estimate of drug-likeness (QED) is 0.719. The van der Waals surface area contributed by atoms with Crippen molar-refractivity contribution < 1.29 is 14.3 Å². The topological polar surface area (TPSA) is 35.5 Å². The number of Topliss-reactive ketones (excluding diaryl/α,β-unsaturated/α-hetero) is 1. The lowest BCUT2D eigenvalue weighted by Crippen LogP contribution is -2.11. The molecule has 3 heteroatoms. The fraction of sp³-hybridized carbons (Fsp3) is 0.533. The zero-order valence-electron chi connectivity index (χ0n) is 11.8. The highest BCUT2D eigenvalue weighted by Crippen LogP contribution is 2.27. The maximum Gasteiger partial charge on any atom is 0.166 e. The van der Waals surface area contributed by atoms with Crippen LogP contribution in [0.4, 0.5) is 0 Å². The molecule has 0 radical (unpaired) electrons. The molecule has 1 aromatic carbocycles. The third-order valence-electron chi connectivity index (χ3n) is 2.31. The molecular formula is C15H22O3. The molecule has 0 atom stereocenters. The predicted octanol–water partition coefficient (Wildman–Crippen LogP) is 3.85. The van der Waals surface area contributed by atoms with Crippen LogP contribution in [0.2, 0.25) is 0 Å². The van der Waals surface area contributed by atoms with Crippen LogP contribution in [0.3, 0.4) is 0 Å². The minimum atomic E-state index is 0.0303. The Bertz CT molecular complexity index is 408. The summed E-state index contributed by atoms with van der Waals surface area (Å²) in [5.41, 5.74) is 0.627. The standard InChI is InChI=1S/C15H22O3/c1-6-14(16)13-8-7-12(17-10(2)3)9-15(13)18-11(4)5/h7-11H,6H2,1-5H3. The van der Waals surface area contributed by atoms with Gasteiger partial charge in [-0.25, -0.2) is 0 Å². The SMILES string of the molecule is CCC(=O)c1ccc(OC(C)C)cc1OC(C)C. The third-order valence-corrected chi connectivity index (χ3v) is 2.31. The highest BCUT2D eigenvalue weighted by Gasteiger charge is 2.13. The average molecular weight is 250 g/mol. The van der Waals surface area contributed by atoms with Crippen molar-refractivity contribution in [3.8, 4) is 11.5 Å². The maximum absolute atomic E-state index is 11.8. The van der Waals surface area contributed by atoms with Gasteiger partial charge in [0.05, 0.1) is 17.8 Å². The van der Waals surface area contributed by atoms with Crippen LogP contribution in [-0.2, 0) is 0 Å². The Morgan fingerprint density at radius 2 is 1.72 bits per heavy atom. The normalized spacial score (nSPS) is 10.8. The van der Waals surface area contributed by atoms with Gasteiger partial charge in [0.2, 0.25) is 0 Å². The molecule has 3 nitrogen and oxygen atoms in total. The molecule has 0 aliphatic carbocycles. The van der Waals surface area contributed by atoms with Crippen LogP contribution in [-0.4, -0.2) is 18.0 Å². The van der Waals surface area contributed by atoms with E-state index in [1.54, 1.807) is 12.1 Å². The monoisotopic (exact) mass is 250 g/mol. The van der Waals surface area contributed by atoms with Crippen LogP contribution in [0, 0.1) is 0 Å². The van der Waals surface area contributed by atoms with Crippen LogP contribution in [0.5, 0.6) is 11.5 Å². The molecule has 0 aliphatic heterocycles. The molecule has 0 heterocycles. The molecular weight excluding hydrogens is 228 g/mol. The molecule has 0 aliphatic rings. The molecule has 0 amide bonds. The summed E-state index contributed by atoms with van der Waals surface area (Å²) in [5.74, 6) is 1.42. The number of hydrogen-bond acceptors (Lipinski definition) is 3. The van der Waals surface area contributed by atoms with E-state index >= 15 is 0 Å². The van der Waals surface area contributed by atoms with E-state index in [-0.39, 0.29) is 18.0 Å². The fourth-order valence-electron chi connectivity index (χ4n) is 1.62. The van der Waals surface area contributed by atoms with Gasteiger partial charge in [0.15, 0.2) is 5.78 Å². The molecule has 100 valence electrons. The number of carbonyl (C=O) groups is 1. The van der Waals surface area contributed by atoms with Gasteiger partial charge in [0.1, 0.15) is 11.5 Å². The summed E-state index contributed by atoms with van der Waals surface area (Å²) in [5, 5.41) is 0. The Labute approximate surface area is 109 Å². The minimum absolute atomic E-state index is 0.0303. The van der Waals surface area contributed by atoms with Gasteiger partial charge < -0.3 is 9.47 Å². The highest BCUT2D eigenvalue weighted by atomic mass is 16.5. The van der Waals surface area contributed by atoms with E-state index < -0.39 is 0 Å². The van der Waals surface area contributed by atoms with Crippen LogP contribution < -0.4 is 9.47 Å². The second-order valence-electron chi connectivity index (χ2n) is 4.77. The number of benzene rings is 1. The second-order valence-corrected chi connectivity index (χ2v) is 4.77. The summed E-state index contributed by atoms with van der Waals surface area (Å²) in [6.45, 7) is 9.66. The lowest BCUT2D eigenvalue weighted by molar-refractivity contribution is 0.0982. The maximum atomic E-state index is 11.8. The summed E-state index contributed by atoms with van der Waals surface area (Å²) in [4.78, 5) is 11.8. The number of ketones is 1. The first-order chi connectivity index (χ1) is 8.43. The largest absolute Gasteiger partial charge is 0.491 e. The van der Waals surface area contributed by atoms with Crippen molar-refractivity contribution in [1.29, 1.82) is 0 Å². The summed E-state index contributed by atoms with van der Waals surface area (Å²) < 4.78 is 11.3. The summed E-state index contributed by atoms with van der Waals surface area (Å²) in [6, 6.07) is 5.39. The van der Waals surface area contributed by atoms with Crippen molar-refractivity contribution in [1.82, 2.24) is 0 Å². The molecule has 0 spiro atoms. The van der Waals surface area contributed by atoms with E-state index in [1.165, 1.54) is 0 Å². The van der Waals surface area contributed by atoms with E-state index in [0.29, 0.717) is 17.7 Å². The third kappa shape index (κ3) is 4.06. The Morgan fingerprint density at radius 3 is 2.22 bits per heavy atom. The molecule has 0 N–H and O–H groups in total. The molecule has 0 saturated carbocycles. The van der Waals surface area contributed by atoms with Crippen LogP contribution in [0.1, 0.15) is 51.4 Å². The summed E-state index contributed by atoms with van der Waals surface area (Å²) >= 11 is 0. The van der Waals surface area contributed by atoms with Gasteiger partial charge in [0.25, 0.3) is 0 Å². The van der Waals surface area contributed by atoms with Gasteiger partial charge in [-0.05, 0) is 39.8 Å². The Morgan fingerprint density at radius 1 is 1.11 bits per heavy atom. The minimum Gasteiger partial charge on any atom is -0.491 e. The van der Waals surface area contributed by atoms with Crippen LogP contribution in [0.15, 0.2) is 18.2 Å². The van der Waals surface area contributed by atoms with E-state index in [1.807, 2.05) is 40.7 Å². The second kappa shape index (κ2) is 6.43. The number of carbonyl (C=O) groups excluding carboxylic acids is 1. The van der Waals surface area contributed by atoms with Gasteiger partial charge in [-0.15, -0.1) is 0 Å². The Balaban J connectivity index is 3.07. The first-order valence-electron chi connectivity index (χ1n) is 6.44. The highest BCUT2D eigenvalue weighted by molar-refractivity contribution is 5.98. The first kappa shape index (κ1) is 14.6. The lowest BCUT2D eigenvalue weighted by atomic mass is 10.1. The van der Waals surface area contributed by atoms with E-state index in [2.05, 4.69) is 0 Å². The lowest BCUT2D eigenvalue weighted by Gasteiger charge is -2.16. The van der Waals surface area contributed by atoms with Crippen molar-refractivity contribution in [2.24, 2.45) is 0 Å². The van der Waals surface area contributed by atoms with E-state index in [4.69, 9.17) is 9.47 Å². The van der Waals surface area contributed by atoms with Crippen LogP contribution in [0.25, 0.3) is 0 Å². The van der Waals surface area contributed by atoms with E-state index in [9.17, 15) is 4.79 Å². The smallest absolute Gasteiger partial charge is 0.166 e. The molecule has 0 saturated heterocycles. The van der Waals surface area contributed by atoms with E-state index in [0.717, 1.165) is 5.75 Å². The van der Waals surface area contributed by atoms with Crippen molar-refractivity contribution in [3.05, 3.63) is 23.8 Å². The predicted molar refractivity (Wildman–Crippen MR) is 72.6 cm³/mol. The summed E-state index contributed by atoms with van der Waals surface area (Å²) in [6.07, 6.45) is 0.603. The first-order valence-corrected chi connectivity index (χ1v) is 6.44. The van der Waals surface area contributed by atoms with Gasteiger partial charge in [-0.3, -0.25) is 4.79 Å². The molecule has 0 unspecified atom stereocenters. The molecule has 1 rings (SSSR count). The molecule has 0 aromatic heterocycles. The molecule has 18 heavy (non-hydrogen) atoms. The fourth-order valence-corrected chi connectivity index (χ4v) is 1.62. The van der Waals surface area contributed by atoms with Crippen molar-refractivity contribution in [3.63, 3.8) is 0 Å². The zero-order chi connectivity index (χ0) is 13.7. The zero-order valence-corrected chi connectivity index (χ0v) is 11.8. The Kier molecular flexibility index (Phi) is 5.20. The average Bonchev–Trinajstić information content (AvgIpc) is 2.26. The molecule has 0 bridgehead atoms. The van der Waals surface area contributed by atoms with Crippen molar-refractivity contribution in [2.75, 3.05) is 0 Å². The van der Waals surface area contributed by atoms with Gasteiger partial charge in [-0.2, -0.15) is 0 Å². The molecule has 0 fully saturated rings. The van der Waals surface area contributed by atoms with Gasteiger partial charge in [-0.1, -0.05) is 6.92 Å². The Hall–Kier alpha value is -1.51. The summed E-state index contributed by atoms with van der Waals surface area (Å²) in [7, 11) is 0. The van der Waals surface area contributed by atoms with Gasteiger partial charge in [0, 0.05) is 12.5 Å². The number of hydrogen-bond donors (Lipinski definition) is 0.